The number of nitrogens with one attached hydrogen (secondary N) is 2. The highest BCUT2D eigenvalue weighted by Crippen LogP contribution is 2.03. The molecule has 0 radical (unpaired) electrons. The molecule has 0 saturated carbocycles. The third-order valence-corrected chi connectivity index (χ3v) is 4.74. The summed E-state index contributed by atoms with van der Waals surface area (Å²) in [7, 11) is 1.83. The smallest absolute Gasteiger partial charge is 0.191 e. The number of ether oxygens (including phenoxy) is 1. The van der Waals surface area contributed by atoms with Crippen molar-refractivity contribution in [3.05, 3.63) is 35.9 Å². The SMILES string of the molecule is CCN(CC)CCCC(C)NC(=NC)NCC(C)COCc1ccccc1. The fraction of sp³-hybridized carbons (Fsp3) is 0.682. The molecule has 1 rings (SSSR count). The van der Waals surface area contributed by atoms with Crippen molar-refractivity contribution in [1.82, 2.24) is 15.5 Å². The minimum atomic E-state index is 0.413. The zero-order chi connectivity index (χ0) is 19.9. The standard InChI is InChI=1S/C22H40N4O/c1-6-26(7-2)15-11-12-20(4)25-22(23-5)24-16-19(3)17-27-18-21-13-9-8-10-14-21/h8-10,13-14,19-20H,6-7,11-12,15-18H2,1-5H3,(H2,23,24,25). The average molecular weight is 377 g/mol. The summed E-state index contributed by atoms with van der Waals surface area (Å²) in [6.45, 7) is 14.5. The number of rotatable bonds is 13. The number of hydrogen-bond acceptors (Lipinski definition) is 3. The molecule has 0 heterocycles. The highest BCUT2D eigenvalue weighted by atomic mass is 16.5. The summed E-state index contributed by atoms with van der Waals surface area (Å²) >= 11 is 0. The molecular formula is C22H40N4O. The summed E-state index contributed by atoms with van der Waals surface area (Å²) in [4.78, 5) is 6.82. The summed E-state index contributed by atoms with van der Waals surface area (Å²) in [5.74, 6) is 1.30. The molecule has 0 bridgehead atoms. The lowest BCUT2D eigenvalue weighted by molar-refractivity contribution is 0.0931. The topological polar surface area (TPSA) is 48.9 Å². The van der Waals surface area contributed by atoms with E-state index in [9.17, 15) is 0 Å². The van der Waals surface area contributed by atoms with Crippen LogP contribution in [0.1, 0.15) is 46.1 Å². The normalized spacial score (nSPS) is 14.2. The lowest BCUT2D eigenvalue weighted by Gasteiger charge is -2.22. The van der Waals surface area contributed by atoms with E-state index in [-0.39, 0.29) is 0 Å². The van der Waals surface area contributed by atoms with Gasteiger partial charge in [-0.25, -0.2) is 0 Å². The largest absolute Gasteiger partial charge is 0.376 e. The molecule has 5 heteroatoms. The van der Waals surface area contributed by atoms with E-state index in [1.54, 1.807) is 0 Å². The third kappa shape index (κ3) is 11.0. The lowest BCUT2D eigenvalue weighted by Crippen LogP contribution is -2.44. The van der Waals surface area contributed by atoms with E-state index in [1.807, 2.05) is 25.2 Å². The van der Waals surface area contributed by atoms with Crippen LogP contribution < -0.4 is 10.6 Å². The minimum Gasteiger partial charge on any atom is -0.376 e. The maximum absolute atomic E-state index is 5.82. The van der Waals surface area contributed by atoms with Crippen molar-refractivity contribution in [3.8, 4) is 0 Å². The van der Waals surface area contributed by atoms with Crippen molar-refractivity contribution in [2.45, 2.75) is 53.2 Å². The maximum atomic E-state index is 5.82. The molecule has 0 aliphatic rings. The first kappa shape index (κ1) is 23.4. The summed E-state index contributed by atoms with van der Waals surface area (Å²) < 4.78 is 5.82. The van der Waals surface area contributed by atoms with Crippen LogP contribution >= 0.6 is 0 Å². The fourth-order valence-electron chi connectivity index (χ4n) is 2.94. The minimum absolute atomic E-state index is 0.413. The molecule has 1 aromatic carbocycles. The Bertz CT molecular complexity index is 502. The molecule has 27 heavy (non-hydrogen) atoms. The summed E-state index contributed by atoms with van der Waals surface area (Å²) in [6.07, 6.45) is 2.35. The van der Waals surface area contributed by atoms with Gasteiger partial charge in [0.05, 0.1) is 13.2 Å². The number of aliphatic imine (C=N–C) groups is 1. The number of benzene rings is 1. The lowest BCUT2D eigenvalue weighted by atomic mass is 10.1. The van der Waals surface area contributed by atoms with Gasteiger partial charge in [-0.3, -0.25) is 4.99 Å². The van der Waals surface area contributed by atoms with Gasteiger partial charge >= 0.3 is 0 Å². The number of guanidine groups is 1. The second kappa shape index (κ2) is 14.5. The molecule has 2 N–H and O–H groups in total. The molecular weight excluding hydrogens is 336 g/mol. The van der Waals surface area contributed by atoms with Crippen molar-refractivity contribution in [1.29, 1.82) is 0 Å². The highest BCUT2D eigenvalue weighted by Gasteiger charge is 2.08. The molecule has 2 unspecified atom stereocenters. The third-order valence-electron chi connectivity index (χ3n) is 4.74. The van der Waals surface area contributed by atoms with E-state index in [4.69, 9.17) is 4.74 Å². The van der Waals surface area contributed by atoms with Gasteiger partial charge in [0.15, 0.2) is 5.96 Å². The van der Waals surface area contributed by atoms with Crippen molar-refractivity contribution in [2.24, 2.45) is 10.9 Å². The van der Waals surface area contributed by atoms with E-state index < -0.39 is 0 Å². The first-order valence-corrected chi connectivity index (χ1v) is 10.4. The van der Waals surface area contributed by atoms with Crippen LogP contribution in [0.15, 0.2) is 35.3 Å². The fourth-order valence-corrected chi connectivity index (χ4v) is 2.94. The molecule has 0 aromatic heterocycles. The highest BCUT2D eigenvalue weighted by molar-refractivity contribution is 5.79. The molecule has 0 amide bonds. The Morgan fingerprint density at radius 2 is 1.85 bits per heavy atom. The van der Waals surface area contributed by atoms with E-state index in [1.165, 1.54) is 18.5 Å². The summed E-state index contributed by atoms with van der Waals surface area (Å²) in [5, 5.41) is 6.91. The average Bonchev–Trinajstić information content (AvgIpc) is 2.69. The van der Waals surface area contributed by atoms with Crippen molar-refractivity contribution >= 4 is 5.96 Å². The van der Waals surface area contributed by atoms with Crippen LogP contribution in [0.5, 0.6) is 0 Å². The predicted molar refractivity (Wildman–Crippen MR) is 116 cm³/mol. The van der Waals surface area contributed by atoms with E-state index in [2.05, 4.69) is 60.4 Å². The second-order valence-electron chi connectivity index (χ2n) is 7.27. The van der Waals surface area contributed by atoms with Crippen LogP contribution in [-0.4, -0.2) is 56.7 Å². The molecule has 0 saturated heterocycles. The summed E-state index contributed by atoms with van der Waals surface area (Å²) in [5.41, 5.74) is 1.22. The Labute approximate surface area is 166 Å². The van der Waals surface area contributed by atoms with Crippen LogP contribution in [0.25, 0.3) is 0 Å². The predicted octanol–water partition coefficient (Wildman–Crippen LogP) is 3.51. The zero-order valence-corrected chi connectivity index (χ0v) is 18.0. The Hall–Kier alpha value is -1.59. The number of hydrogen-bond donors (Lipinski definition) is 2. The molecule has 0 spiro atoms. The molecule has 2 atom stereocenters. The Morgan fingerprint density at radius 1 is 1.15 bits per heavy atom. The van der Waals surface area contributed by atoms with Crippen LogP contribution in [-0.2, 0) is 11.3 Å². The Morgan fingerprint density at radius 3 is 2.48 bits per heavy atom. The Balaban J connectivity index is 2.18. The van der Waals surface area contributed by atoms with Gasteiger partial charge in [0, 0.05) is 19.6 Å². The van der Waals surface area contributed by atoms with E-state index in [0.29, 0.717) is 18.6 Å². The van der Waals surface area contributed by atoms with Gasteiger partial charge in [0.25, 0.3) is 0 Å². The first-order chi connectivity index (χ1) is 13.1. The van der Waals surface area contributed by atoms with Crippen molar-refractivity contribution in [3.63, 3.8) is 0 Å². The van der Waals surface area contributed by atoms with Crippen LogP contribution in [0.2, 0.25) is 0 Å². The van der Waals surface area contributed by atoms with Gasteiger partial charge < -0.3 is 20.3 Å². The molecule has 0 aliphatic heterocycles. The molecule has 0 aliphatic carbocycles. The van der Waals surface area contributed by atoms with Gasteiger partial charge in [0.1, 0.15) is 0 Å². The zero-order valence-electron chi connectivity index (χ0n) is 18.0. The quantitative estimate of drug-likeness (QED) is 0.408. The van der Waals surface area contributed by atoms with Crippen LogP contribution in [0.4, 0.5) is 0 Å². The van der Waals surface area contributed by atoms with Crippen molar-refractivity contribution < 1.29 is 4.74 Å². The van der Waals surface area contributed by atoms with Gasteiger partial charge in [0.2, 0.25) is 0 Å². The van der Waals surface area contributed by atoms with Gasteiger partial charge in [-0.1, -0.05) is 51.1 Å². The van der Waals surface area contributed by atoms with Crippen molar-refractivity contribution in [2.75, 3.05) is 39.8 Å². The maximum Gasteiger partial charge on any atom is 0.191 e. The van der Waals surface area contributed by atoms with Crippen LogP contribution in [0.3, 0.4) is 0 Å². The first-order valence-electron chi connectivity index (χ1n) is 10.4. The number of nitrogens with zero attached hydrogens (tertiary/aromatic N) is 2. The van der Waals surface area contributed by atoms with E-state index in [0.717, 1.165) is 38.6 Å². The van der Waals surface area contributed by atoms with Crippen LogP contribution in [0, 0.1) is 5.92 Å². The Kier molecular flexibility index (Phi) is 12.6. The molecule has 154 valence electrons. The summed E-state index contributed by atoms with van der Waals surface area (Å²) in [6, 6.07) is 10.7. The van der Waals surface area contributed by atoms with Gasteiger partial charge in [-0.05, 0) is 50.9 Å². The van der Waals surface area contributed by atoms with Gasteiger partial charge in [-0.15, -0.1) is 0 Å². The molecule has 1 aromatic rings. The van der Waals surface area contributed by atoms with Gasteiger partial charge in [-0.2, -0.15) is 0 Å². The molecule has 0 fully saturated rings. The monoisotopic (exact) mass is 376 g/mol. The second-order valence-corrected chi connectivity index (χ2v) is 7.27. The molecule has 5 nitrogen and oxygen atoms in total. The van der Waals surface area contributed by atoms with E-state index >= 15 is 0 Å².